The van der Waals surface area contributed by atoms with Crippen molar-refractivity contribution < 1.29 is 22.7 Å². The maximum absolute atomic E-state index is 12.9. The molecule has 0 unspecified atom stereocenters. The van der Waals surface area contributed by atoms with Crippen LogP contribution in [0.3, 0.4) is 0 Å². The standard InChI is InChI=1S/C14H17F3N2O2/c1-18-2-4-19(5-3-18)9-11-6-12(14(15,16)17)8-13(7-11)21-10-20/h6-8,10H,2-5,9H2,1H3. The highest BCUT2D eigenvalue weighted by atomic mass is 19.4. The summed E-state index contributed by atoms with van der Waals surface area (Å²) in [4.78, 5) is 14.6. The van der Waals surface area contributed by atoms with Crippen molar-refractivity contribution in [1.29, 1.82) is 0 Å². The van der Waals surface area contributed by atoms with Gasteiger partial charge in [0.05, 0.1) is 5.56 Å². The fourth-order valence-electron chi connectivity index (χ4n) is 2.30. The third-order valence-electron chi connectivity index (χ3n) is 3.48. The Morgan fingerprint density at radius 3 is 2.43 bits per heavy atom. The minimum atomic E-state index is -4.46. The molecule has 0 saturated carbocycles. The predicted octanol–water partition coefficient (Wildman–Crippen LogP) is 1.99. The Labute approximate surface area is 121 Å². The number of nitrogens with zero attached hydrogens (tertiary/aromatic N) is 2. The lowest BCUT2D eigenvalue weighted by atomic mass is 10.1. The third-order valence-corrected chi connectivity index (χ3v) is 3.48. The van der Waals surface area contributed by atoms with Gasteiger partial charge >= 0.3 is 6.18 Å². The van der Waals surface area contributed by atoms with Gasteiger partial charge in [0.1, 0.15) is 5.75 Å². The molecule has 7 heteroatoms. The van der Waals surface area contributed by atoms with Crippen molar-refractivity contribution in [2.75, 3.05) is 33.2 Å². The van der Waals surface area contributed by atoms with Crippen molar-refractivity contribution in [2.24, 2.45) is 0 Å². The van der Waals surface area contributed by atoms with Crippen LogP contribution in [-0.4, -0.2) is 49.5 Å². The molecule has 2 rings (SSSR count). The van der Waals surface area contributed by atoms with Gasteiger partial charge in [0.25, 0.3) is 6.47 Å². The Hall–Kier alpha value is -1.60. The first kappa shape index (κ1) is 15.8. The molecular formula is C14H17F3N2O2. The summed E-state index contributed by atoms with van der Waals surface area (Å²) in [5.74, 6) is -0.0797. The van der Waals surface area contributed by atoms with Gasteiger partial charge in [0, 0.05) is 32.7 Å². The molecule has 0 atom stereocenters. The molecule has 0 spiro atoms. The summed E-state index contributed by atoms with van der Waals surface area (Å²) in [5.41, 5.74) is -0.308. The van der Waals surface area contributed by atoms with Crippen LogP contribution >= 0.6 is 0 Å². The van der Waals surface area contributed by atoms with E-state index in [2.05, 4.69) is 14.5 Å². The number of halogens is 3. The molecule has 0 aromatic heterocycles. The summed E-state index contributed by atoms with van der Waals surface area (Å²) < 4.78 is 43.1. The van der Waals surface area contributed by atoms with Crippen LogP contribution in [0, 0.1) is 0 Å². The summed E-state index contributed by atoms with van der Waals surface area (Å²) in [6.45, 7) is 3.92. The molecule has 0 amide bonds. The van der Waals surface area contributed by atoms with Crippen LogP contribution in [0.5, 0.6) is 5.75 Å². The first-order valence-electron chi connectivity index (χ1n) is 6.61. The molecule has 1 aliphatic rings. The van der Waals surface area contributed by atoms with E-state index in [0.29, 0.717) is 12.1 Å². The Bertz CT molecular complexity index is 497. The van der Waals surface area contributed by atoms with E-state index in [9.17, 15) is 18.0 Å². The Morgan fingerprint density at radius 1 is 1.19 bits per heavy atom. The van der Waals surface area contributed by atoms with Crippen LogP contribution in [0.1, 0.15) is 11.1 Å². The smallest absolute Gasteiger partial charge is 0.416 e. The van der Waals surface area contributed by atoms with Gasteiger partial charge < -0.3 is 9.64 Å². The molecule has 1 fully saturated rings. The van der Waals surface area contributed by atoms with Gasteiger partial charge in [-0.3, -0.25) is 9.69 Å². The molecule has 1 heterocycles. The average molecular weight is 302 g/mol. The van der Waals surface area contributed by atoms with E-state index in [1.165, 1.54) is 6.07 Å². The Balaban J connectivity index is 2.17. The number of alkyl halides is 3. The highest BCUT2D eigenvalue weighted by Gasteiger charge is 2.31. The number of benzene rings is 1. The zero-order valence-corrected chi connectivity index (χ0v) is 11.7. The van der Waals surface area contributed by atoms with E-state index >= 15 is 0 Å². The van der Waals surface area contributed by atoms with Crippen LogP contribution in [0.4, 0.5) is 13.2 Å². The normalized spacial score (nSPS) is 17.7. The number of likely N-dealkylation sites (N-methyl/N-ethyl adjacent to an activating group) is 1. The van der Waals surface area contributed by atoms with Crippen molar-refractivity contribution in [3.05, 3.63) is 29.3 Å². The number of hydrogen-bond donors (Lipinski definition) is 0. The summed E-state index contributed by atoms with van der Waals surface area (Å²) in [5, 5.41) is 0. The molecule has 0 N–H and O–H groups in total. The Morgan fingerprint density at radius 2 is 1.86 bits per heavy atom. The van der Waals surface area contributed by atoms with E-state index < -0.39 is 11.7 Å². The van der Waals surface area contributed by atoms with E-state index in [4.69, 9.17) is 0 Å². The van der Waals surface area contributed by atoms with Gasteiger partial charge in [0.15, 0.2) is 0 Å². The lowest BCUT2D eigenvalue weighted by molar-refractivity contribution is -0.138. The number of carbonyl (C=O) groups excluding carboxylic acids is 1. The van der Waals surface area contributed by atoms with Crippen molar-refractivity contribution in [2.45, 2.75) is 12.7 Å². The minimum Gasteiger partial charge on any atom is -0.429 e. The zero-order chi connectivity index (χ0) is 15.5. The van der Waals surface area contributed by atoms with Gasteiger partial charge in [-0.15, -0.1) is 0 Å². The van der Waals surface area contributed by atoms with E-state index in [1.807, 2.05) is 7.05 Å². The van der Waals surface area contributed by atoms with Crippen molar-refractivity contribution in [3.8, 4) is 5.75 Å². The quantitative estimate of drug-likeness (QED) is 0.796. The minimum absolute atomic E-state index is 0.0797. The highest BCUT2D eigenvalue weighted by molar-refractivity contribution is 5.47. The first-order valence-corrected chi connectivity index (χ1v) is 6.61. The molecule has 0 aliphatic carbocycles. The van der Waals surface area contributed by atoms with E-state index in [-0.39, 0.29) is 12.2 Å². The molecule has 1 saturated heterocycles. The summed E-state index contributed by atoms with van der Waals surface area (Å²) in [7, 11) is 2.01. The molecule has 1 aromatic carbocycles. The molecule has 1 aromatic rings. The first-order chi connectivity index (χ1) is 9.88. The van der Waals surface area contributed by atoms with E-state index in [1.54, 1.807) is 0 Å². The lowest BCUT2D eigenvalue weighted by Gasteiger charge is -2.32. The molecule has 21 heavy (non-hydrogen) atoms. The summed E-state index contributed by atoms with van der Waals surface area (Å²) >= 11 is 0. The second-order valence-electron chi connectivity index (χ2n) is 5.16. The molecule has 116 valence electrons. The monoisotopic (exact) mass is 302 g/mol. The van der Waals surface area contributed by atoms with Gasteiger partial charge in [-0.05, 0) is 30.8 Å². The fraction of sp³-hybridized carbons (Fsp3) is 0.500. The lowest BCUT2D eigenvalue weighted by Crippen LogP contribution is -2.43. The highest BCUT2D eigenvalue weighted by Crippen LogP contribution is 2.33. The molecule has 4 nitrogen and oxygen atoms in total. The Kier molecular flexibility index (Phi) is 4.84. The second kappa shape index (κ2) is 6.44. The summed E-state index contributed by atoms with van der Waals surface area (Å²) in [6.07, 6.45) is -4.46. The molecular weight excluding hydrogens is 285 g/mol. The number of rotatable bonds is 4. The number of hydrogen-bond acceptors (Lipinski definition) is 4. The van der Waals surface area contributed by atoms with Gasteiger partial charge in [-0.2, -0.15) is 13.2 Å². The topological polar surface area (TPSA) is 32.8 Å². The van der Waals surface area contributed by atoms with Crippen LogP contribution in [0.15, 0.2) is 18.2 Å². The predicted molar refractivity (Wildman–Crippen MR) is 70.9 cm³/mol. The maximum atomic E-state index is 12.9. The second-order valence-corrected chi connectivity index (χ2v) is 5.16. The van der Waals surface area contributed by atoms with Crippen molar-refractivity contribution in [3.63, 3.8) is 0 Å². The molecule has 1 aliphatic heterocycles. The van der Waals surface area contributed by atoms with Gasteiger partial charge in [0.2, 0.25) is 0 Å². The maximum Gasteiger partial charge on any atom is 0.416 e. The molecule has 0 bridgehead atoms. The number of ether oxygens (including phenoxy) is 1. The van der Waals surface area contributed by atoms with Gasteiger partial charge in [-0.1, -0.05) is 0 Å². The van der Waals surface area contributed by atoms with Crippen LogP contribution in [0.25, 0.3) is 0 Å². The third kappa shape index (κ3) is 4.44. The van der Waals surface area contributed by atoms with Crippen LogP contribution in [-0.2, 0) is 17.5 Å². The zero-order valence-electron chi connectivity index (χ0n) is 11.7. The summed E-state index contributed by atoms with van der Waals surface area (Å²) in [6, 6.07) is 3.42. The van der Waals surface area contributed by atoms with Crippen LogP contribution < -0.4 is 4.74 Å². The molecule has 0 radical (unpaired) electrons. The van der Waals surface area contributed by atoms with Gasteiger partial charge in [-0.25, -0.2) is 0 Å². The van der Waals surface area contributed by atoms with E-state index in [0.717, 1.165) is 38.3 Å². The number of carbonyl (C=O) groups is 1. The van der Waals surface area contributed by atoms with Crippen molar-refractivity contribution in [1.82, 2.24) is 9.80 Å². The largest absolute Gasteiger partial charge is 0.429 e. The average Bonchev–Trinajstić information content (AvgIpc) is 2.41. The van der Waals surface area contributed by atoms with Crippen molar-refractivity contribution >= 4 is 6.47 Å². The number of piperazine rings is 1. The fourth-order valence-corrected chi connectivity index (χ4v) is 2.30. The van der Waals surface area contributed by atoms with Crippen LogP contribution in [0.2, 0.25) is 0 Å². The SMILES string of the molecule is CN1CCN(Cc2cc(OC=O)cc(C(F)(F)F)c2)CC1.